The van der Waals surface area contributed by atoms with Crippen molar-refractivity contribution in [1.82, 2.24) is 24.7 Å². The van der Waals surface area contributed by atoms with Gasteiger partial charge in [0.1, 0.15) is 28.2 Å². The zero-order valence-electron chi connectivity index (χ0n) is 26.7. The number of fused-ring (bicyclic) bond motifs is 2. The number of hydrogen-bond acceptors (Lipinski definition) is 8. The van der Waals surface area contributed by atoms with Gasteiger partial charge in [-0.05, 0) is 69.1 Å². The fourth-order valence-corrected chi connectivity index (χ4v) is 8.50. The Balaban J connectivity index is 1.04. The number of likely N-dealkylation sites (tertiary alicyclic amines) is 2. The Morgan fingerprint density at radius 2 is 1.87 bits per heavy atom. The summed E-state index contributed by atoms with van der Waals surface area (Å²) in [4.78, 5) is 28.1. The Bertz CT molecular complexity index is 1590. The average Bonchev–Trinajstić information content (AvgIpc) is 3.58. The Hall–Kier alpha value is -3.43. The van der Waals surface area contributed by atoms with Gasteiger partial charge in [0, 0.05) is 68.7 Å². The van der Waals surface area contributed by atoms with Crippen LogP contribution in [-0.4, -0.2) is 82.1 Å². The number of nitriles is 1. The van der Waals surface area contributed by atoms with Crippen molar-refractivity contribution in [2.24, 2.45) is 17.8 Å². The number of hydrogen-bond donors (Lipinski definition) is 1. The topological polar surface area (TPSA) is 88.4 Å². The van der Waals surface area contributed by atoms with Crippen LogP contribution in [0.2, 0.25) is 0 Å². The van der Waals surface area contributed by atoms with Crippen molar-refractivity contribution in [3.05, 3.63) is 52.0 Å². The van der Waals surface area contributed by atoms with Gasteiger partial charge in [0.25, 0.3) is 0 Å². The summed E-state index contributed by atoms with van der Waals surface area (Å²) in [5.74, 6) is 2.39. The number of aromatic nitrogens is 2. The van der Waals surface area contributed by atoms with E-state index in [9.17, 15) is 23.2 Å². The number of aryl methyl sites for hydroxylation is 1. The average molecular weight is 654 g/mol. The van der Waals surface area contributed by atoms with E-state index in [0.29, 0.717) is 33.7 Å². The minimum Gasteiger partial charge on any atom is -0.367 e. The predicted octanol–water partition coefficient (Wildman–Crippen LogP) is 6.43. The number of alkyl halides is 3. The Morgan fingerprint density at radius 1 is 1.13 bits per heavy atom. The number of piperidine rings is 2. The maximum absolute atomic E-state index is 13.0. The van der Waals surface area contributed by atoms with Crippen molar-refractivity contribution < 1.29 is 18.0 Å². The second kappa shape index (κ2) is 13.4. The third-order valence-corrected chi connectivity index (χ3v) is 11.1. The largest absolute Gasteiger partial charge is 0.393 e. The molecule has 2 atom stereocenters. The highest BCUT2D eigenvalue weighted by Gasteiger charge is 2.37. The molecule has 2 aromatic rings. The molecule has 46 heavy (non-hydrogen) atoms. The minimum absolute atomic E-state index is 0.154. The molecule has 2 saturated heterocycles. The van der Waals surface area contributed by atoms with Gasteiger partial charge < -0.3 is 15.1 Å². The van der Waals surface area contributed by atoms with E-state index in [0.717, 1.165) is 88.4 Å². The van der Waals surface area contributed by atoms with Crippen LogP contribution in [-0.2, 0) is 11.2 Å². The Kier molecular flexibility index (Phi) is 9.44. The van der Waals surface area contributed by atoms with Crippen LogP contribution in [0.5, 0.6) is 0 Å². The smallest absolute Gasteiger partial charge is 0.367 e. The minimum atomic E-state index is -4.26. The number of rotatable bonds is 8. The second-order valence-corrected chi connectivity index (χ2v) is 14.4. The summed E-state index contributed by atoms with van der Waals surface area (Å²) in [5.41, 5.74) is 3.34. The Morgan fingerprint density at radius 3 is 2.54 bits per heavy atom. The molecule has 1 N–H and O–H groups in total. The van der Waals surface area contributed by atoms with Crippen LogP contribution in [0.4, 0.5) is 19.0 Å². The third kappa shape index (κ3) is 7.26. The van der Waals surface area contributed by atoms with Crippen LogP contribution in [0.15, 0.2) is 41.3 Å². The molecule has 0 aromatic carbocycles. The molecule has 3 aliphatic heterocycles. The zero-order chi connectivity index (χ0) is 32.6. The molecule has 0 bridgehead atoms. The number of thiophene rings is 1. The predicted molar refractivity (Wildman–Crippen MR) is 174 cm³/mol. The van der Waals surface area contributed by atoms with Crippen LogP contribution < -0.4 is 5.32 Å². The molecule has 2 aromatic heterocycles. The van der Waals surface area contributed by atoms with Crippen LogP contribution in [0.3, 0.4) is 0 Å². The monoisotopic (exact) mass is 653 g/mol. The summed E-state index contributed by atoms with van der Waals surface area (Å²) in [6.07, 6.45) is 6.28. The number of nitrogens with zero attached hydrogens (tertiary/aromatic N) is 6. The van der Waals surface area contributed by atoms with E-state index in [1.54, 1.807) is 19.9 Å². The van der Waals surface area contributed by atoms with E-state index in [4.69, 9.17) is 0 Å². The molecule has 2 unspecified atom stereocenters. The maximum Gasteiger partial charge on any atom is 0.393 e. The quantitative estimate of drug-likeness (QED) is 0.352. The summed E-state index contributed by atoms with van der Waals surface area (Å²) in [6.45, 7) is 10.9. The fourth-order valence-electron chi connectivity index (χ4n) is 7.39. The van der Waals surface area contributed by atoms with Gasteiger partial charge in [-0.2, -0.15) is 18.4 Å². The molecule has 6 rings (SSSR count). The van der Waals surface area contributed by atoms with E-state index >= 15 is 0 Å². The molecule has 0 spiro atoms. The molecule has 4 aliphatic rings. The van der Waals surface area contributed by atoms with Crippen molar-refractivity contribution in [3.8, 4) is 6.07 Å². The number of nitrogens with one attached hydrogen (secondary N) is 1. The van der Waals surface area contributed by atoms with E-state index in [1.807, 2.05) is 4.90 Å². The van der Waals surface area contributed by atoms with E-state index in [1.165, 1.54) is 11.3 Å². The lowest BCUT2D eigenvalue weighted by molar-refractivity contribution is -0.130. The molecular formula is C34H42F3N7OS. The highest BCUT2D eigenvalue weighted by molar-refractivity contribution is 7.18. The number of anilines is 1. The molecule has 246 valence electrons. The van der Waals surface area contributed by atoms with Crippen LogP contribution in [0.25, 0.3) is 10.2 Å². The summed E-state index contributed by atoms with van der Waals surface area (Å²) in [6, 6.07) is 4.21. The summed E-state index contributed by atoms with van der Waals surface area (Å²) in [7, 11) is 0. The highest BCUT2D eigenvalue weighted by Crippen LogP contribution is 2.42. The molecule has 0 saturated carbocycles. The summed E-state index contributed by atoms with van der Waals surface area (Å²) in [5, 5.41) is 14.2. The first-order valence-electron chi connectivity index (χ1n) is 16.4. The third-order valence-electron chi connectivity index (χ3n) is 10.1. The van der Waals surface area contributed by atoms with Crippen molar-refractivity contribution in [1.29, 1.82) is 5.26 Å². The van der Waals surface area contributed by atoms with Gasteiger partial charge in [0.05, 0.1) is 11.8 Å². The zero-order valence-corrected chi connectivity index (χ0v) is 27.6. The number of halogens is 3. The van der Waals surface area contributed by atoms with Gasteiger partial charge in [-0.1, -0.05) is 18.6 Å². The first kappa shape index (κ1) is 32.5. The SMILES string of the molecule is CC(=O)N1CCC(CCN2C(C#N)=CC3C2=CC=C(CN2CCC(Nc4nc(C)nc5sc(CC(F)(F)F)cc45)CC2)C3C)CC1. The normalized spacial score (nSPS) is 23.2. The maximum atomic E-state index is 13.0. The van der Waals surface area contributed by atoms with Crippen LogP contribution >= 0.6 is 11.3 Å². The lowest BCUT2D eigenvalue weighted by atomic mass is 9.81. The van der Waals surface area contributed by atoms with Crippen molar-refractivity contribution in [2.75, 3.05) is 44.6 Å². The molecule has 5 heterocycles. The fraction of sp³-hybridized carbons (Fsp3) is 0.588. The summed E-state index contributed by atoms with van der Waals surface area (Å²) >= 11 is 1.09. The van der Waals surface area contributed by atoms with Gasteiger partial charge >= 0.3 is 6.18 Å². The van der Waals surface area contributed by atoms with E-state index in [-0.39, 0.29) is 22.7 Å². The van der Waals surface area contributed by atoms with E-state index in [2.05, 4.69) is 56.3 Å². The van der Waals surface area contributed by atoms with Gasteiger partial charge in [0.15, 0.2) is 0 Å². The van der Waals surface area contributed by atoms with Gasteiger partial charge in [-0.15, -0.1) is 11.3 Å². The first-order chi connectivity index (χ1) is 22.0. The highest BCUT2D eigenvalue weighted by atomic mass is 32.1. The lowest BCUT2D eigenvalue weighted by Gasteiger charge is -2.37. The number of carbonyl (C=O) groups is 1. The van der Waals surface area contributed by atoms with Crippen molar-refractivity contribution >= 4 is 33.3 Å². The van der Waals surface area contributed by atoms with E-state index < -0.39 is 12.6 Å². The molecule has 0 radical (unpaired) electrons. The molecule has 12 heteroatoms. The summed E-state index contributed by atoms with van der Waals surface area (Å²) < 4.78 is 39.0. The van der Waals surface area contributed by atoms with Crippen LogP contribution in [0.1, 0.15) is 56.7 Å². The number of carbonyl (C=O) groups excluding carboxylic acids is 1. The molecule has 8 nitrogen and oxygen atoms in total. The Labute approximate surface area is 272 Å². The first-order valence-corrected chi connectivity index (χ1v) is 17.2. The second-order valence-electron chi connectivity index (χ2n) is 13.2. The van der Waals surface area contributed by atoms with Gasteiger partial charge in [-0.3, -0.25) is 9.69 Å². The number of amides is 1. The van der Waals surface area contributed by atoms with Gasteiger partial charge in [-0.25, -0.2) is 9.97 Å². The van der Waals surface area contributed by atoms with Gasteiger partial charge in [0.2, 0.25) is 5.91 Å². The molecule has 1 aliphatic carbocycles. The molecule has 2 fully saturated rings. The standard InChI is InChI=1S/C34H42F3N7OS/c1-21-25(4-5-31-29(21)16-27(19-38)44(31)15-8-24-6-13-43(14-7-24)23(3)45)20-42-11-9-26(10-12-42)41-32-30-17-28(18-34(35,36)37)46-33(30)40-22(2)39-32/h4-5,16-17,21,24,26,29H,6-15,18,20H2,1-3H3,(H,39,40,41). The lowest BCUT2D eigenvalue weighted by Crippen LogP contribution is -2.41. The van der Waals surface area contributed by atoms with Crippen LogP contribution in [0, 0.1) is 36.0 Å². The van der Waals surface area contributed by atoms with Crippen molar-refractivity contribution in [2.45, 2.75) is 71.5 Å². The number of allylic oxidation sites excluding steroid dienone is 4. The molecular weight excluding hydrogens is 611 g/mol. The molecule has 1 amide bonds. The van der Waals surface area contributed by atoms with Crippen molar-refractivity contribution in [3.63, 3.8) is 0 Å².